The molecule has 1 amide bonds. The van der Waals surface area contributed by atoms with Crippen LogP contribution < -0.4 is 0 Å². The molecule has 1 N–H and O–H groups in total. The monoisotopic (exact) mass is 365 g/mol. The largest absolute Gasteiger partial charge is 0.342 e. The highest BCUT2D eigenvalue weighted by Crippen LogP contribution is 2.24. The van der Waals surface area contributed by atoms with Crippen molar-refractivity contribution in [2.24, 2.45) is 5.92 Å². The van der Waals surface area contributed by atoms with Crippen LogP contribution in [0.2, 0.25) is 0 Å². The Labute approximate surface area is 158 Å². The number of carbonyl (C=O) groups excluding carboxylic acids is 1. The number of nitrogens with one attached hydrogen (secondary N) is 1. The first kappa shape index (κ1) is 17.2. The van der Waals surface area contributed by atoms with Crippen LogP contribution in [0.1, 0.15) is 18.4 Å². The summed E-state index contributed by atoms with van der Waals surface area (Å²) in [6, 6.07) is 18.6. The molecule has 0 spiro atoms. The predicted octanol–water partition coefficient (Wildman–Crippen LogP) is 4.14. The summed E-state index contributed by atoms with van der Waals surface area (Å²) in [5.74, 6) is 1.35. The van der Waals surface area contributed by atoms with Crippen LogP contribution >= 0.6 is 11.8 Å². The van der Waals surface area contributed by atoms with E-state index in [0.717, 1.165) is 48.5 Å². The summed E-state index contributed by atoms with van der Waals surface area (Å²) < 4.78 is 0. The summed E-state index contributed by atoms with van der Waals surface area (Å²) in [5, 5.41) is 0.818. The van der Waals surface area contributed by atoms with Crippen LogP contribution in [-0.4, -0.2) is 39.6 Å². The first-order valence-electron chi connectivity index (χ1n) is 9.17. The summed E-state index contributed by atoms with van der Waals surface area (Å²) in [6.45, 7) is 1.74. The van der Waals surface area contributed by atoms with E-state index >= 15 is 0 Å². The van der Waals surface area contributed by atoms with Crippen molar-refractivity contribution in [3.8, 4) is 0 Å². The number of carbonyl (C=O) groups is 1. The van der Waals surface area contributed by atoms with E-state index in [0.29, 0.717) is 11.7 Å². The van der Waals surface area contributed by atoms with Gasteiger partial charge in [0.15, 0.2) is 5.16 Å². The molecule has 3 aromatic rings. The zero-order valence-electron chi connectivity index (χ0n) is 14.7. The standard InChI is InChI=1S/C21H23N3OS/c25-20(15-26-21-22-18-8-4-5-9-19(18)23-21)24-12-10-17(11-13-24)14-16-6-2-1-3-7-16/h1-9,17H,10-15H2,(H,22,23). The molecule has 4 rings (SSSR count). The van der Waals surface area contributed by atoms with Crippen LogP contribution in [0.3, 0.4) is 0 Å². The summed E-state index contributed by atoms with van der Waals surface area (Å²) in [7, 11) is 0. The van der Waals surface area contributed by atoms with Crippen molar-refractivity contribution in [3.63, 3.8) is 0 Å². The molecular formula is C21H23N3OS. The number of H-pyrrole nitrogens is 1. The Morgan fingerprint density at radius 1 is 1.08 bits per heavy atom. The molecule has 1 aromatic heterocycles. The molecule has 1 saturated heterocycles. The molecule has 1 fully saturated rings. The van der Waals surface area contributed by atoms with Gasteiger partial charge in [0, 0.05) is 13.1 Å². The fourth-order valence-corrected chi connectivity index (χ4v) is 4.34. The zero-order valence-corrected chi connectivity index (χ0v) is 15.5. The summed E-state index contributed by atoms with van der Waals surface area (Å²) in [6.07, 6.45) is 3.31. The van der Waals surface area contributed by atoms with Gasteiger partial charge < -0.3 is 9.88 Å². The highest BCUT2D eigenvalue weighted by atomic mass is 32.2. The number of aromatic amines is 1. The Morgan fingerprint density at radius 3 is 2.58 bits per heavy atom. The van der Waals surface area contributed by atoms with Crippen molar-refractivity contribution in [1.82, 2.24) is 14.9 Å². The van der Waals surface area contributed by atoms with E-state index in [9.17, 15) is 4.79 Å². The van der Waals surface area contributed by atoms with Crippen molar-refractivity contribution < 1.29 is 4.79 Å². The van der Waals surface area contributed by atoms with Crippen LogP contribution in [0.5, 0.6) is 0 Å². The minimum absolute atomic E-state index is 0.216. The van der Waals surface area contributed by atoms with Gasteiger partial charge in [-0.1, -0.05) is 54.2 Å². The molecular weight excluding hydrogens is 342 g/mol. The average Bonchev–Trinajstić information content (AvgIpc) is 3.10. The molecule has 4 nitrogen and oxygen atoms in total. The second-order valence-electron chi connectivity index (χ2n) is 6.86. The van der Waals surface area contributed by atoms with E-state index in [2.05, 4.69) is 40.3 Å². The number of fused-ring (bicyclic) bond motifs is 1. The maximum absolute atomic E-state index is 12.5. The number of nitrogens with zero attached hydrogens (tertiary/aromatic N) is 2. The predicted molar refractivity (Wildman–Crippen MR) is 106 cm³/mol. The topological polar surface area (TPSA) is 49.0 Å². The summed E-state index contributed by atoms with van der Waals surface area (Å²) in [5.41, 5.74) is 3.37. The van der Waals surface area contributed by atoms with Crippen LogP contribution in [0, 0.1) is 5.92 Å². The van der Waals surface area contributed by atoms with Gasteiger partial charge in [-0.15, -0.1) is 0 Å². The number of hydrogen-bond donors (Lipinski definition) is 1. The van der Waals surface area contributed by atoms with Crippen molar-refractivity contribution in [2.75, 3.05) is 18.8 Å². The van der Waals surface area contributed by atoms with E-state index in [1.165, 1.54) is 17.3 Å². The number of piperidine rings is 1. The number of imidazole rings is 1. The molecule has 5 heteroatoms. The van der Waals surface area contributed by atoms with Crippen LogP contribution in [0.25, 0.3) is 11.0 Å². The third-order valence-corrected chi connectivity index (χ3v) is 5.89. The molecule has 0 saturated carbocycles. The molecule has 1 aliphatic heterocycles. The van der Waals surface area contributed by atoms with Gasteiger partial charge in [-0.2, -0.15) is 0 Å². The summed E-state index contributed by atoms with van der Waals surface area (Å²) in [4.78, 5) is 22.3. The van der Waals surface area contributed by atoms with Gasteiger partial charge in [-0.05, 0) is 42.9 Å². The van der Waals surface area contributed by atoms with Gasteiger partial charge >= 0.3 is 0 Å². The van der Waals surface area contributed by atoms with Crippen LogP contribution in [0.4, 0.5) is 0 Å². The Bertz CT molecular complexity index is 836. The van der Waals surface area contributed by atoms with Crippen LogP contribution in [-0.2, 0) is 11.2 Å². The van der Waals surface area contributed by atoms with Gasteiger partial charge in [0.25, 0.3) is 0 Å². The summed E-state index contributed by atoms with van der Waals surface area (Å²) >= 11 is 1.49. The third-order valence-electron chi connectivity index (χ3n) is 5.03. The molecule has 0 radical (unpaired) electrons. The minimum atomic E-state index is 0.216. The Kier molecular flexibility index (Phi) is 5.25. The number of thioether (sulfide) groups is 1. The average molecular weight is 366 g/mol. The lowest BCUT2D eigenvalue weighted by Crippen LogP contribution is -2.39. The number of hydrogen-bond acceptors (Lipinski definition) is 3. The lowest BCUT2D eigenvalue weighted by atomic mass is 9.90. The van der Waals surface area contributed by atoms with Crippen molar-refractivity contribution >= 4 is 28.7 Å². The molecule has 2 aromatic carbocycles. The molecule has 1 aliphatic rings. The van der Waals surface area contributed by atoms with Crippen molar-refractivity contribution in [2.45, 2.75) is 24.4 Å². The molecule has 2 heterocycles. The molecule has 0 atom stereocenters. The molecule has 0 aliphatic carbocycles. The van der Waals surface area contributed by atoms with Crippen molar-refractivity contribution in [3.05, 3.63) is 60.2 Å². The van der Waals surface area contributed by atoms with E-state index in [-0.39, 0.29) is 5.91 Å². The number of amides is 1. The van der Waals surface area contributed by atoms with Crippen molar-refractivity contribution in [1.29, 1.82) is 0 Å². The Hall–Kier alpha value is -2.27. The second kappa shape index (κ2) is 7.96. The Morgan fingerprint density at radius 2 is 1.81 bits per heavy atom. The van der Waals surface area contributed by atoms with Gasteiger partial charge in [-0.3, -0.25) is 4.79 Å². The highest BCUT2D eigenvalue weighted by molar-refractivity contribution is 7.99. The quantitative estimate of drug-likeness (QED) is 0.692. The highest BCUT2D eigenvalue weighted by Gasteiger charge is 2.23. The van der Waals surface area contributed by atoms with Gasteiger partial charge in [0.1, 0.15) is 0 Å². The number of benzene rings is 2. The maximum atomic E-state index is 12.5. The SMILES string of the molecule is O=C(CSc1nc2ccccc2[nH]1)N1CCC(Cc2ccccc2)CC1. The first-order valence-corrected chi connectivity index (χ1v) is 10.2. The zero-order chi connectivity index (χ0) is 17.8. The van der Waals surface area contributed by atoms with E-state index in [1.54, 1.807) is 0 Å². The first-order chi connectivity index (χ1) is 12.8. The maximum Gasteiger partial charge on any atom is 0.233 e. The number of para-hydroxylation sites is 2. The van der Waals surface area contributed by atoms with Crippen LogP contribution in [0.15, 0.2) is 59.8 Å². The van der Waals surface area contributed by atoms with Gasteiger partial charge in [0.2, 0.25) is 5.91 Å². The number of likely N-dealkylation sites (tertiary alicyclic amines) is 1. The second-order valence-corrected chi connectivity index (χ2v) is 7.83. The number of rotatable bonds is 5. The lowest BCUT2D eigenvalue weighted by molar-refractivity contribution is -0.129. The number of aromatic nitrogens is 2. The van der Waals surface area contributed by atoms with Gasteiger partial charge in [0.05, 0.1) is 16.8 Å². The van der Waals surface area contributed by atoms with E-state index in [1.807, 2.05) is 29.2 Å². The Balaban J connectivity index is 1.25. The lowest BCUT2D eigenvalue weighted by Gasteiger charge is -2.32. The fraction of sp³-hybridized carbons (Fsp3) is 0.333. The van der Waals surface area contributed by atoms with Gasteiger partial charge in [-0.25, -0.2) is 4.98 Å². The molecule has 0 bridgehead atoms. The van der Waals surface area contributed by atoms with E-state index in [4.69, 9.17) is 0 Å². The minimum Gasteiger partial charge on any atom is -0.342 e. The smallest absolute Gasteiger partial charge is 0.233 e. The fourth-order valence-electron chi connectivity index (χ4n) is 3.55. The third kappa shape index (κ3) is 4.10. The van der Waals surface area contributed by atoms with E-state index < -0.39 is 0 Å². The molecule has 26 heavy (non-hydrogen) atoms. The molecule has 134 valence electrons. The normalized spacial score (nSPS) is 15.5. The molecule has 0 unspecified atom stereocenters.